The molecule has 0 atom stereocenters. The quantitative estimate of drug-likeness (QED) is 0.115. The van der Waals surface area contributed by atoms with E-state index < -0.39 is 24.4 Å². The molecule has 2 aromatic rings. The van der Waals surface area contributed by atoms with Gasteiger partial charge in [0.2, 0.25) is 0 Å². The van der Waals surface area contributed by atoms with Crippen LogP contribution in [-0.4, -0.2) is 62.9 Å². The minimum atomic E-state index is -0.493. The number of hydrogen-bond donors (Lipinski definition) is 4. The summed E-state index contributed by atoms with van der Waals surface area (Å²) in [6.45, 7) is 1.53. The Morgan fingerprint density at radius 3 is 1.20 bits per heavy atom. The van der Waals surface area contributed by atoms with E-state index in [1.54, 1.807) is 0 Å². The average molecular weight is 681 g/mol. The Bertz CT molecular complexity index is 1170. The molecule has 0 saturated heterocycles. The summed E-state index contributed by atoms with van der Waals surface area (Å²) in [6, 6.07) is 19.4. The van der Waals surface area contributed by atoms with Crippen LogP contribution >= 0.6 is 0 Å². The van der Waals surface area contributed by atoms with Crippen LogP contribution in [0, 0.1) is 11.8 Å². The van der Waals surface area contributed by atoms with Crippen molar-refractivity contribution in [2.45, 2.75) is 95.8 Å². The van der Waals surface area contributed by atoms with Crippen LogP contribution in [0.3, 0.4) is 0 Å². The highest BCUT2D eigenvalue weighted by molar-refractivity contribution is 5.68. The highest BCUT2D eigenvalue weighted by Crippen LogP contribution is 2.35. The minimum absolute atomic E-state index is 0.123. The van der Waals surface area contributed by atoms with Gasteiger partial charge >= 0.3 is 24.4 Å². The van der Waals surface area contributed by atoms with E-state index in [1.165, 1.54) is 6.42 Å². The first kappa shape index (κ1) is 37.3. The predicted molar refractivity (Wildman–Crippen MR) is 184 cm³/mol. The highest BCUT2D eigenvalue weighted by atomic mass is 16.6. The van der Waals surface area contributed by atoms with Crippen molar-refractivity contribution in [2.75, 3.05) is 26.4 Å². The van der Waals surface area contributed by atoms with Gasteiger partial charge in [0.25, 0.3) is 0 Å². The molecular formula is C37H52N4O8. The molecule has 12 nitrogen and oxygen atoms in total. The van der Waals surface area contributed by atoms with Gasteiger partial charge in [0.15, 0.2) is 0 Å². The first-order valence-corrected chi connectivity index (χ1v) is 17.7. The first-order chi connectivity index (χ1) is 23.9. The molecule has 2 saturated carbocycles. The molecule has 0 aromatic heterocycles. The van der Waals surface area contributed by atoms with Crippen LogP contribution in [0.15, 0.2) is 60.7 Å². The van der Waals surface area contributed by atoms with Crippen molar-refractivity contribution in [3.63, 3.8) is 0 Å². The molecule has 0 aliphatic heterocycles. The molecule has 2 aromatic carbocycles. The molecule has 0 unspecified atom stereocenters. The van der Waals surface area contributed by atoms with Crippen molar-refractivity contribution < 1.29 is 38.1 Å². The Balaban J connectivity index is 0.944. The van der Waals surface area contributed by atoms with E-state index in [4.69, 9.17) is 18.9 Å². The van der Waals surface area contributed by atoms with Crippen molar-refractivity contribution >= 4 is 24.4 Å². The minimum Gasteiger partial charge on any atom is -0.449 e. The predicted octanol–water partition coefficient (Wildman–Crippen LogP) is 6.58. The fourth-order valence-electron chi connectivity index (χ4n) is 6.39. The molecule has 2 aliphatic rings. The van der Waals surface area contributed by atoms with Crippen molar-refractivity contribution in [3.05, 3.63) is 71.8 Å². The molecule has 0 heterocycles. The summed E-state index contributed by atoms with van der Waals surface area (Å²) in [5, 5.41) is 11.4. The average Bonchev–Trinajstić information content (AvgIpc) is 3.12. The SMILES string of the molecule is O=C(NCc1ccccc1)OCCCOC(=O)NC1CCC(CC2CCC(NC(=O)OCCCOC(=O)NCc3ccccc3)CC2)CC1. The van der Waals surface area contributed by atoms with Gasteiger partial charge in [0.1, 0.15) is 0 Å². The lowest BCUT2D eigenvalue weighted by molar-refractivity contribution is 0.113. The van der Waals surface area contributed by atoms with E-state index in [1.807, 2.05) is 60.7 Å². The first-order valence-electron chi connectivity index (χ1n) is 17.7. The molecule has 2 fully saturated rings. The van der Waals surface area contributed by atoms with E-state index in [9.17, 15) is 19.2 Å². The molecule has 4 N–H and O–H groups in total. The van der Waals surface area contributed by atoms with Gasteiger partial charge in [-0.3, -0.25) is 0 Å². The Morgan fingerprint density at radius 2 is 0.837 bits per heavy atom. The fourth-order valence-corrected chi connectivity index (χ4v) is 6.39. The van der Waals surface area contributed by atoms with Crippen molar-refractivity contribution in [1.29, 1.82) is 0 Å². The van der Waals surface area contributed by atoms with E-state index >= 15 is 0 Å². The molecule has 2 aliphatic carbocycles. The zero-order valence-electron chi connectivity index (χ0n) is 28.4. The van der Waals surface area contributed by atoms with E-state index in [0.29, 0.717) is 37.8 Å². The number of rotatable bonds is 16. The summed E-state index contributed by atoms with van der Waals surface area (Å²) >= 11 is 0. The standard InChI is InChI=1S/C37H52N4O8/c42-34(38-26-30-9-3-1-4-10-30)46-21-7-23-48-36(44)40-32-17-13-28(14-18-32)25-29-15-19-33(20-16-29)41-37(45)49-24-8-22-47-35(43)39-27-31-11-5-2-6-12-31/h1-6,9-12,28-29,32-33H,7-8,13-27H2,(H,38,42)(H,39,43)(H,40,44)(H,41,45). The number of carbonyl (C=O) groups excluding carboxylic acids is 4. The lowest BCUT2D eigenvalue weighted by Crippen LogP contribution is -2.39. The summed E-state index contributed by atoms with van der Waals surface area (Å²) in [5.41, 5.74) is 1.98. The zero-order chi connectivity index (χ0) is 34.5. The van der Waals surface area contributed by atoms with Gasteiger partial charge in [0.05, 0.1) is 26.4 Å². The Labute approximate surface area is 289 Å². The van der Waals surface area contributed by atoms with E-state index in [2.05, 4.69) is 21.3 Å². The van der Waals surface area contributed by atoms with Gasteiger partial charge < -0.3 is 40.2 Å². The Hall–Kier alpha value is -4.48. The van der Waals surface area contributed by atoms with Crippen molar-refractivity contribution in [1.82, 2.24) is 21.3 Å². The summed E-state index contributed by atoms with van der Waals surface area (Å²) in [6.07, 6.45) is 8.33. The molecule has 0 spiro atoms. The monoisotopic (exact) mass is 680 g/mol. The molecule has 0 bridgehead atoms. The highest BCUT2D eigenvalue weighted by Gasteiger charge is 2.28. The van der Waals surface area contributed by atoms with E-state index in [-0.39, 0.29) is 38.5 Å². The summed E-state index contributed by atoms with van der Waals surface area (Å²) in [7, 11) is 0. The van der Waals surface area contributed by atoms with Crippen LogP contribution in [0.4, 0.5) is 19.2 Å². The maximum Gasteiger partial charge on any atom is 0.407 e. The number of ether oxygens (including phenoxy) is 4. The van der Waals surface area contributed by atoms with Crippen LogP contribution in [0.25, 0.3) is 0 Å². The second kappa shape index (κ2) is 21.5. The van der Waals surface area contributed by atoms with Crippen molar-refractivity contribution in [3.8, 4) is 0 Å². The van der Waals surface area contributed by atoms with Gasteiger partial charge in [-0.05, 0) is 80.8 Å². The summed E-state index contributed by atoms with van der Waals surface area (Å²) in [5.74, 6) is 1.31. The largest absolute Gasteiger partial charge is 0.449 e. The smallest absolute Gasteiger partial charge is 0.407 e. The third-order valence-corrected chi connectivity index (χ3v) is 9.07. The molecule has 49 heavy (non-hydrogen) atoms. The van der Waals surface area contributed by atoms with E-state index in [0.717, 1.165) is 62.5 Å². The van der Waals surface area contributed by atoms with Gasteiger partial charge in [-0.15, -0.1) is 0 Å². The molecule has 268 valence electrons. The maximum absolute atomic E-state index is 12.2. The molecule has 0 radical (unpaired) electrons. The normalized spacial score (nSPS) is 20.2. The third-order valence-electron chi connectivity index (χ3n) is 9.07. The van der Waals surface area contributed by atoms with Crippen LogP contribution in [0.5, 0.6) is 0 Å². The number of carbonyl (C=O) groups is 4. The number of benzene rings is 2. The van der Waals surface area contributed by atoms with Crippen LogP contribution in [0.1, 0.15) is 81.8 Å². The van der Waals surface area contributed by atoms with Crippen LogP contribution < -0.4 is 21.3 Å². The van der Waals surface area contributed by atoms with Crippen LogP contribution in [0.2, 0.25) is 0 Å². The second-order valence-electron chi connectivity index (χ2n) is 12.9. The van der Waals surface area contributed by atoms with Crippen LogP contribution in [-0.2, 0) is 32.0 Å². The number of alkyl carbamates (subject to hydrolysis) is 4. The second-order valence-corrected chi connectivity index (χ2v) is 12.9. The molecule has 4 rings (SSSR count). The maximum atomic E-state index is 12.2. The summed E-state index contributed by atoms with van der Waals surface area (Å²) in [4.78, 5) is 48.1. The lowest BCUT2D eigenvalue weighted by atomic mass is 9.76. The molecule has 4 amide bonds. The van der Waals surface area contributed by atoms with Gasteiger partial charge in [-0.1, -0.05) is 60.7 Å². The zero-order valence-corrected chi connectivity index (χ0v) is 28.4. The number of nitrogens with one attached hydrogen (secondary N) is 4. The number of amides is 4. The summed E-state index contributed by atoms with van der Waals surface area (Å²) < 4.78 is 20.8. The Morgan fingerprint density at radius 1 is 0.490 bits per heavy atom. The Kier molecular flexibility index (Phi) is 16.4. The lowest BCUT2D eigenvalue weighted by Gasteiger charge is -2.34. The molecule has 12 heteroatoms. The third kappa shape index (κ3) is 15.5. The molecular weight excluding hydrogens is 628 g/mol. The van der Waals surface area contributed by atoms with Crippen molar-refractivity contribution in [2.24, 2.45) is 11.8 Å². The van der Waals surface area contributed by atoms with Gasteiger partial charge in [-0.2, -0.15) is 0 Å². The van der Waals surface area contributed by atoms with Gasteiger partial charge in [-0.25, -0.2) is 19.2 Å². The van der Waals surface area contributed by atoms with Gasteiger partial charge in [0, 0.05) is 38.0 Å². The fraction of sp³-hybridized carbons (Fsp3) is 0.568. The topological polar surface area (TPSA) is 153 Å². The number of hydrogen-bond acceptors (Lipinski definition) is 8.